The molecule has 0 saturated carbocycles. The van der Waals surface area contributed by atoms with Crippen molar-refractivity contribution in [3.05, 3.63) is 36.4 Å². The zero-order valence-corrected chi connectivity index (χ0v) is 14.3. The number of rotatable bonds is 3. The number of carbonyl (C=O) groups is 1. The Morgan fingerprint density at radius 3 is 2.68 bits per heavy atom. The number of halogens is 3. The molecule has 1 fully saturated rings. The molecule has 3 heterocycles. The van der Waals surface area contributed by atoms with E-state index in [0.717, 1.165) is 6.20 Å². The predicted octanol–water partition coefficient (Wildman–Crippen LogP) is -0.00730. The van der Waals surface area contributed by atoms with Crippen molar-refractivity contribution >= 4 is 11.7 Å². The average molecular weight is 405 g/mol. The monoisotopic (exact) mass is 405 g/mol. The second-order valence-corrected chi connectivity index (χ2v) is 5.63. The highest BCUT2D eigenvalue weighted by Gasteiger charge is 2.33. The van der Waals surface area contributed by atoms with Gasteiger partial charge in [-0.05, 0) is 6.42 Å². The first-order valence-electron chi connectivity index (χ1n) is 7.98. The lowest BCUT2D eigenvalue weighted by Crippen LogP contribution is -2.49. The van der Waals surface area contributed by atoms with Gasteiger partial charge in [-0.2, -0.15) is 13.2 Å². The Kier molecular flexibility index (Phi) is 7.25. The fourth-order valence-electron chi connectivity index (χ4n) is 2.16. The number of anilines is 1. The molecular formula is C15H18F3N5O5. The van der Waals surface area contributed by atoms with E-state index in [1.807, 2.05) is 0 Å². The van der Waals surface area contributed by atoms with Crippen LogP contribution in [0.3, 0.4) is 0 Å². The summed E-state index contributed by atoms with van der Waals surface area (Å²) in [5.41, 5.74) is 3.91. The Morgan fingerprint density at radius 1 is 1.36 bits per heavy atom. The van der Waals surface area contributed by atoms with Crippen molar-refractivity contribution < 1.29 is 37.3 Å². The topological polar surface area (TPSA) is 157 Å². The highest BCUT2D eigenvalue weighted by atomic mass is 19.4. The van der Waals surface area contributed by atoms with E-state index in [0.29, 0.717) is 19.2 Å². The van der Waals surface area contributed by atoms with E-state index >= 15 is 0 Å². The number of aliphatic hydroxyl groups is 2. The third kappa shape index (κ3) is 6.14. The van der Waals surface area contributed by atoms with E-state index in [1.54, 1.807) is 0 Å². The van der Waals surface area contributed by atoms with Crippen molar-refractivity contribution in [2.24, 2.45) is 0 Å². The van der Waals surface area contributed by atoms with Crippen LogP contribution in [0.15, 0.2) is 29.3 Å². The van der Waals surface area contributed by atoms with Crippen LogP contribution in [0.5, 0.6) is 0 Å². The van der Waals surface area contributed by atoms with E-state index in [9.17, 15) is 28.2 Å². The van der Waals surface area contributed by atoms with Gasteiger partial charge in [0.2, 0.25) is 0 Å². The number of amides is 1. The first-order valence-corrected chi connectivity index (χ1v) is 7.98. The molecule has 1 aliphatic heterocycles. The van der Waals surface area contributed by atoms with Gasteiger partial charge in [0, 0.05) is 13.2 Å². The Morgan fingerprint density at radius 2 is 2.11 bits per heavy atom. The maximum absolute atomic E-state index is 11.8. The molecule has 10 nitrogen and oxygen atoms in total. The molecule has 3 unspecified atom stereocenters. The van der Waals surface area contributed by atoms with Gasteiger partial charge >= 0.3 is 12.1 Å². The lowest BCUT2D eigenvalue weighted by molar-refractivity contribution is -0.141. The minimum absolute atomic E-state index is 0.0455. The smallest absolute Gasteiger partial charge is 0.434 e. The number of nitrogens with zero attached hydrogens (tertiary/aromatic N) is 3. The molecule has 0 aliphatic carbocycles. The SMILES string of the molecule is Nc1cncc(C(F)(F)F)n1.O=C(NCC1OCCC(O)C1O)c1ncco1. The Balaban J connectivity index is 0.000000221. The number of nitrogens with two attached hydrogens (primary N) is 1. The van der Waals surface area contributed by atoms with Crippen molar-refractivity contribution in [3.63, 3.8) is 0 Å². The molecule has 28 heavy (non-hydrogen) atoms. The van der Waals surface area contributed by atoms with Gasteiger partial charge in [-0.3, -0.25) is 9.78 Å². The summed E-state index contributed by atoms with van der Waals surface area (Å²) < 4.78 is 45.5. The van der Waals surface area contributed by atoms with Gasteiger partial charge < -0.3 is 30.4 Å². The molecule has 1 aliphatic rings. The number of aromatic nitrogens is 3. The number of oxazole rings is 1. The van der Waals surface area contributed by atoms with Crippen LogP contribution in [-0.2, 0) is 10.9 Å². The third-order valence-electron chi connectivity index (χ3n) is 3.55. The molecule has 0 spiro atoms. The van der Waals surface area contributed by atoms with Gasteiger partial charge in [0.25, 0.3) is 5.89 Å². The Hall–Kier alpha value is -2.77. The molecule has 13 heteroatoms. The van der Waals surface area contributed by atoms with Crippen molar-refractivity contribution in [1.29, 1.82) is 0 Å². The van der Waals surface area contributed by atoms with Crippen molar-refractivity contribution in [2.45, 2.75) is 30.9 Å². The van der Waals surface area contributed by atoms with Gasteiger partial charge in [-0.25, -0.2) is 9.97 Å². The quantitative estimate of drug-likeness (QED) is 0.551. The summed E-state index contributed by atoms with van der Waals surface area (Å²) in [5.74, 6) is -0.762. The Bertz CT molecular complexity index is 759. The third-order valence-corrected chi connectivity index (χ3v) is 3.55. The maximum Gasteiger partial charge on any atom is 0.434 e. The number of aliphatic hydroxyl groups excluding tert-OH is 2. The molecule has 2 aromatic heterocycles. The number of ether oxygens (including phenoxy) is 1. The molecule has 3 rings (SSSR count). The van der Waals surface area contributed by atoms with Crippen LogP contribution in [-0.4, -0.2) is 62.5 Å². The summed E-state index contributed by atoms with van der Waals surface area (Å²) >= 11 is 0. The molecule has 1 saturated heterocycles. The van der Waals surface area contributed by atoms with E-state index in [1.165, 1.54) is 12.5 Å². The summed E-state index contributed by atoms with van der Waals surface area (Å²) in [4.78, 5) is 21.4. The van der Waals surface area contributed by atoms with Gasteiger partial charge in [-0.1, -0.05) is 0 Å². The summed E-state index contributed by atoms with van der Waals surface area (Å²) in [5, 5.41) is 21.6. The van der Waals surface area contributed by atoms with E-state index in [2.05, 4.69) is 20.3 Å². The first kappa shape index (κ1) is 21.5. The number of hydrogen-bond acceptors (Lipinski definition) is 9. The fraction of sp³-hybridized carbons (Fsp3) is 0.467. The van der Waals surface area contributed by atoms with E-state index < -0.39 is 36.1 Å². The summed E-state index contributed by atoms with van der Waals surface area (Å²) in [6.45, 7) is 0.456. The van der Waals surface area contributed by atoms with E-state index in [-0.39, 0.29) is 18.3 Å². The summed E-state index contributed by atoms with van der Waals surface area (Å²) in [6, 6.07) is 0. The zero-order chi connectivity index (χ0) is 20.7. The van der Waals surface area contributed by atoms with Crippen LogP contribution in [0, 0.1) is 0 Å². The van der Waals surface area contributed by atoms with Gasteiger partial charge in [0.15, 0.2) is 5.69 Å². The molecule has 154 valence electrons. The molecule has 5 N–H and O–H groups in total. The van der Waals surface area contributed by atoms with Crippen LogP contribution in [0.2, 0.25) is 0 Å². The summed E-state index contributed by atoms with van der Waals surface area (Å²) in [6.07, 6.45) is -2.16. The lowest BCUT2D eigenvalue weighted by Gasteiger charge is -2.31. The predicted molar refractivity (Wildman–Crippen MR) is 86.7 cm³/mol. The minimum Gasteiger partial charge on any atom is -0.441 e. The van der Waals surface area contributed by atoms with Crippen molar-refractivity contribution in [1.82, 2.24) is 20.3 Å². The standard InChI is InChI=1S/C10H14N2O5.C5H4F3N3/c13-6-1-3-16-7(8(6)14)5-12-9(15)10-11-2-4-17-10;6-5(7,8)3-1-10-2-4(9)11-3/h2,4,6-8,13-14H,1,3,5H2,(H,12,15);1-2H,(H2,9,11). The van der Waals surface area contributed by atoms with Gasteiger partial charge in [0.1, 0.15) is 24.3 Å². The van der Waals surface area contributed by atoms with Gasteiger partial charge in [-0.15, -0.1) is 0 Å². The minimum atomic E-state index is -4.47. The highest BCUT2D eigenvalue weighted by molar-refractivity contribution is 5.89. The lowest BCUT2D eigenvalue weighted by atomic mass is 10.0. The van der Waals surface area contributed by atoms with Crippen LogP contribution in [0.4, 0.5) is 19.0 Å². The molecule has 0 radical (unpaired) electrons. The number of nitrogens with one attached hydrogen (secondary N) is 1. The molecule has 2 aromatic rings. The fourth-order valence-corrected chi connectivity index (χ4v) is 2.16. The first-order chi connectivity index (χ1) is 13.2. The normalized spacial score (nSPS) is 22.1. The average Bonchev–Trinajstić information content (AvgIpc) is 3.17. The Labute approximate surface area is 156 Å². The molecular weight excluding hydrogens is 387 g/mol. The van der Waals surface area contributed by atoms with Gasteiger partial charge in [0.05, 0.1) is 24.7 Å². The van der Waals surface area contributed by atoms with Crippen LogP contribution < -0.4 is 11.1 Å². The number of carbonyl (C=O) groups excluding carboxylic acids is 1. The second-order valence-electron chi connectivity index (χ2n) is 5.63. The van der Waals surface area contributed by atoms with Crippen LogP contribution in [0.25, 0.3) is 0 Å². The van der Waals surface area contributed by atoms with E-state index in [4.69, 9.17) is 14.9 Å². The number of alkyl halides is 3. The van der Waals surface area contributed by atoms with Crippen molar-refractivity contribution in [2.75, 3.05) is 18.9 Å². The molecule has 0 bridgehead atoms. The molecule has 1 amide bonds. The molecule has 0 aromatic carbocycles. The van der Waals surface area contributed by atoms with Crippen molar-refractivity contribution in [3.8, 4) is 0 Å². The van der Waals surface area contributed by atoms with Crippen LogP contribution in [0.1, 0.15) is 22.8 Å². The molecule has 3 atom stereocenters. The largest absolute Gasteiger partial charge is 0.441 e. The highest BCUT2D eigenvalue weighted by Crippen LogP contribution is 2.26. The van der Waals surface area contributed by atoms with Crippen LogP contribution >= 0.6 is 0 Å². The maximum atomic E-state index is 11.8. The zero-order valence-electron chi connectivity index (χ0n) is 14.3. The number of hydrogen-bond donors (Lipinski definition) is 4. The number of nitrogen functional groups attached to an aromatic ring is 1. The summed E-state index contributed by atoms with van der Waals surface area (Å²) in [7, 11) is 0. The second kappa shape index (κ2) is 9.43.